The topological polar surface area (TPSA) is 36.4 Å². The van der Waals surface area contributed by atoms with Crippen LogP contribution in [0, 0.1) is 0 Å². The average molecular weight is 318 g/mol. The Labute approximate surface area is 137 Å². The quantitative estimate of drug-likeness (QED) is 0.837. The number of aromatic nitrogens is 1. The molecule has 1 aromatic heterocycles. The molecule has 0 amide bonds. The Morgan fingerprint density at radius 3 is 2.41 bits per heavy atom. The molecule has 0 unspecified atom stereocenters. The van der Waals surface area contributed by atoms with Gasteiger partial charge in [0.15, 0.2) is 0 Å². The molecule has 2 aromatic rings. The maximum absolute atomic E-state index is 9.79. The summed E-state index contributed by atoms with van der Waals surface area (Å²) >= 11 is 1.70. The second-order valence-corrected chi connectivity index (χ2v) is 7.52. The van der Waals surface area contributed by atoms with Crippen LogP contribution in [0.25, 0.3) is 0 Å². The predicted octanol–water partition coefficient (Wildman–Crippen LogP) is 4.04. The van der Waals surface area contributed by atoms with Gasteiger partial charge in [0, 0.05) is 18.1 Å². The van der Waals surface area contributed by atoms with Gasteiger partial charge in [-0.25, -0.2) is 4.98 Å². The van der Waals surface area contributed by atoms with Crippen LogP contribution in [0.4, 0.5) is 0 Å². The number of benzene rings is 1. The molecular weight excluding hydrogens is 292 g/mol. The number of hydrogen-bond acceptors (Lipinski definition) is 4. The van der Waals surface area contributed by atoms with Gasteiger partial charge in [-0.3, -0.25) is 4.90 Å². The monoisotopic (exact) mass is 318 g/mol. The Bertz CT molecular complexity index is 558. The molecule has 0 spiro atoms. The normalized spacial score (nSPS) is 13.5. The van der Waals surface area contributed by atoms with E-state index < -0.39 is 5.60 Å². The summed E-state index contributed by atoms with van der Waals surface area (Å²) in [5.41, 5.74) is 1.99. The molecule has 0 saturated heterocycles. The third-order valence-corrected chi connectivity index (χ3v) is 4.90. The van der Waals surface area contributed by atoms with Gasteiger partial charge in [0.05, 0.1) is 11.6 Å². The van der Waals surface area contributed by atoms with Crippen molar-refractivity contribution in [2.24, 2.45) is 0 Å². The Morgan fingerprint density at radius 2 is 1.86 bits per heavy atom. The van der Waals surface area contributed by atoms with E-state index in [1.165, 1.54) is 11.1 Å². The van der Waals surface area contributed by atoms with Crippen molar-refractivity contribution in [2.45, 2.75) is 51.8 Å². The molecule has 0 aliphatic carbocycles. The summed E-state index contributed by atoms with van der Waals surface area (Å²) < 4.78 is 0. The molecule has 4 heteroatoms. The second kappa shape index (κ2) is 7.36. The van der Waals surface area contributed by atoms with Gasteiger partial charge in [-0.15, -0.1) is 11.3 Å². The van der Waals surface area contributed by atoms with Crippen LogP contribution >= 0.6 is 11.3 Å². The van der Waals surface area contributed by atoms with Crippen LogP contribution in [0.5, 0.6) is 0 Å². The largest absolute Gasteiger partial charge is 0.390 e. The smallest absolute Gasteiger partial charge is 0.109 e. The number of aryl methyl sites for hydroxylation is 1. The zero-order valence-corrected chi connectivity index (χ0v) is 14.7. The fourth-order valence-corrected chi connectivity index (χ4v) is 3.08. The van der Waals surface area contributed by atoms with E-state index in [0.29, 0.717) is 6.04 Å². The minimum atomic E-state index is -0.595. The van der Waals surface area contributed by atoms with E-state index in [9.17, 15) is 5.11 Å². The SMILES string of the molecule is C[C@H](c1nccs1)N(C)Cc1ccc(CCC(C)(C)O)cc1. The first-order chi connectivity index (χ1) is 10.3. The number of hydrogen-bond donors (Lipinski definition) is 1. The van der Waals surface area contributed by atoms with Crippen LogP contribution in [-0.4, -0.2) is 27.6 Å². The number of rotatable bonds is 7. The Balaban J connectivity index is 1.90. The van der Waals surface area contributed by atoms with Crippen LogP contribution < -0.4 is 0 Å². The molecule has 22 heavy (non-hydrogen) atoms. The summed E-state index contributed by atoms with van der Waals surface area (Å²) in [5, 5.41) is 13.0. The number of nitrogens with zero attached hydrogens (tertiary/aromatic N) is 2. The zero-order chi connectivity index (χ0) is 16.2. The Kier molecular flexibility index (Phi) is 5.73. The Morgan fingerprint density at radius 1 is 1.23 bits per heavy atom. The Hall–Kier alpha value is -1.23. The highest BCUT2D eigenvalue weighted by atomic mass is 32.1. The molecule has 0 aliphatic heterocycles. The van der Waals surface area contributed by atoms with Gasteiger partial charge >= 0.3 is 0 Å². The minimum Gasteiger partial charge on any atom is -0.390 e. The third kappa shape index (κ3) is 5.20. The fraction of sp³-hybridized carbons (Fsp3) is 0.500. The van der Waals surface area contributed by atoms with Crippen molar-refractivity contribution in [1.82, 2.24) is 9.88 Å². The molecule has 3 nitrogen and oxygen atoms in total. The molecule has 1 aromatic carbocycles. The van der Waals surface area contributed by atoms with Gasteiger partial charge < -0.3 is 5.11 Å². The molecule has 1 N–H and O–H groups in total. The van der Waals surface area contributed by atoms with Crippen LogP contribution in [0.3, 0.4) is 0 Å². The molecule has 2 rings (SSSR count). The van der Waals surface area contributed by atoms with Crippen LogP contribution in [0.2, 0.25) is 0 Å². The molecule has 1 heterocycles. The maximum Gasteiger partial charge on any atom is 0.109 e. The van der Waals surface area contributed by atoms with Crippen molar-refractivity contribution >= 4 is 11.3 Å². The van der Waals surface area contributed by atoms with E-state index in [2.05, 4.69) is 48.1 Å². The molecule has 1 atom stereocenters. The van der Waals surface area contributed by atoms with Gasteiger partial charge in [0.1, 0.15) is 5.01 Å². The lowest BCUT2D eigenvalue weighted by molar-refractivity contribution is 0.0714. The molecule has 120 valence electrons. The first-order valence-corrected chi connectivity index (χ1v) is 8.63. The number of aliphatic hydroxyl groups is 1. The van der Waals surface area contributed by atoms with Crippen molar-refractivity contribution < 1.29 is 5.11 Å². The minimum absolute atomic E-state index is 0.329. The highest BCUT2D eigenvalue weighted by Gasteiger charge is 2.15. The summed E-state index contributed by atoms with van der Waals surface area (Å²) in [6.45, 7) is 6.82. The van der Waals surface area contributed by atoms with E-state index in [1.54, 1.807) is 11.3 Å². The maximum atomic E-state index is 9.79. The molecular formula is C18H26N2OS. The highest BCUT2D eigenvalue weighted by molar-refractivity contribution is 7.09. The van der Waals surface area contributed by atoms with E-state index >= 15 is 0 Å². The van der Waals surface area contributed by atoms with Crippen molar-refractivity contribution in [3.8, 4) is 0 Å². The summed E-state index contributed by atoms with van der Waals surface area (Å²) in [6.07, 6.45) is 3.56. The first-order valence-electron chi connectivity index (χ1n) is 7.75. The fourth-order valence-electron chi connectivity index (χ4n) is 2.32. The summed E-state index contributed by atoms with van der Waals surface area (Å²) in [7, 11) is 2.13. The van der Waals surface area contributed by atoms with Crippen LogP contribution in [0.15, 0.2) is 35.8 Å². The van der Waals surface area contributed by atoms with Gasteiger partial charge in [0.2, 0.25) is 0 Å². The van der Waals surface area contributed by atoms with E-state index in [-0.39, 0.29) is 0 Å². The van der Waals surface area contributed by atoms with Crippen LogP contribution in [0.1, 0.15) is 49.4 Å². The summed E-state index contributed by atoms with van der Waals surface area (Å²) in [4.78, 5) is 6.70. The van der Waals surface area contributed by atoms with Crippen molar-refractivity contribution in [1.29, 1.82) is 0 Å². The van der Waals surface area contributed by atoms with Gasteiger partial charge in [-0.05, 0) is 51.8 Å². The molecule has 0 saturated carbocycles. The standard InChI is InChI=1S/C18H26N2OS/c1-14(17-19-11-12-22-17)20(4)13-16-7-5-15(6-8-16)9-10-18(2,3)21/h5-8,11-12,14,21H,9-10,13H2,1-4H3/t14-/m1/s1. The molecule has 0 aliphatic rings. The highest BCUT2D eigenvalue weighted by Crippen LogP contribution is 2.22. The summed E-state index contributed by atoms with van der Waals surface area (Å²) in [5.74, 6) is 0. The lowest BCUT2D eigenvalue weighted by Gasteiger charge is -2.23. The van der Waals surface area contributed by atoms with Gasteiger partial charge in [-0.2, -0.15) is 0 Å². The number of thiazole rings is 1. The van der Waals surface area contributed by atoms with Gasteiger partial charge in [0.25, 0.3) is 0 Å². The molecule has 0 radical (unpaired) electrons. The second-order valence-electron chi connectivity index (χ2n) is 6.59. The van der Waals surface area contributed by atoms with Crippen LogP contribution in [-0.2, 0) is 13.0 Å². The van der Waals surface area contributed by atoms with Crippen molar-refractivity contribution in [2.75, 3.05) is 7.05 Å². The predicted molar refractivity (Wildman–Crippen MR) is 93.1 cm³/mol. The molecule has 0 fully saturated rings. The molecule has 0 bridgehead atoms. The van der Waals surface area contributed by atoms with Gasteiger partial charge in [-0.1, -0.05) is 24.3 Å². The van der Waals surface area contributed by atoms with E-state index in [0.717, 1.165) is 24.4 Å². The van der Waals surface area contributed by atoms with Crippen molar-refractivity contribution in [3.05, 3.63) is 52.0 Å². The third-order valence-electron chi connectivity index (χ3n) is 3.95. The zero-order valence-electron chi connectivity index (χ0n) is 13.9. The van der Waals surface area contributed by atoms with E-state index in [4.69, 9.17) is 0 Å². The van der Waals surface area contributed by atoms with Crippen molar-refractivity contribution in [3.63, 3.8) is 0 Å². The summed E-state index contributed by atoms with van der Waals surface area (Å²) in [6, 6.07) is 9.04. The average Bonchev–Trinajstić information content (AvgIpc) is 2.99. The lowest BCUT2D eigenvalue weighted by atomic mass is 9.98. The van der Waals surface area contributed by atoms with E-state index in [1.807, 2.05) is 25.4 Å². The first kappa shape index (κ1) is 17.1. The lowest BCUT2D eigenvalue weighted by Crippen LogP contribution is -2.21.